The van der Waals surface area contributed by atoms with Gasteiger partial charge in [0.15, 0.2) is 5.75 Å². The smallest absolute Gasteiger partial charge is 0.872 e. The van der Waals surface area contributed by atoms with Crippen LogP contribution >= 0.6 is 0 Å². The third kappa shape index (κ3) is 7.47. The van der Waals surface area contributed by atoms with Gasteiger partial charge in [-0.1, -0.05) is 63.3 Å². The standard InChI is InChI=1S/C20H26O5S.Na/c1-2-3-4-5-6-10-13-17-18(21)14-15-19(26(22,23)24)20(17)25-16-11-8-7-9-12-16;/h7-9,11-12,14-15,21H,2-6,10,13H2,1H3,(H,22,23,24);/q;+1/p-1. The van der Waals surface area contributed by atoms with Crippen molar-refractivity contribution in [2.24, 2.45) is 0 Å². The second kappa shape index (κ2) is 11.7. The van der Waals surface area contributed by atoms with Crippen LogP contribution in [0.5, 0.6) is 17.2 Å². The summed E-state index contributed by atoms with van der Waals surface area (Å²) in [5.74, 6) is 0.0591. The molecule has 5 nitrogen and oxygen atoms in total. The first-order valence-electron chi connectivity index (χ1n) is 8.96. The van der Waals surface area contributed by atoms with Crippen molar-refractivity contribution in [3.8, 4) is 17.2 Å². The first-order chi connectivity index (χ1) is 12.4. The van der Waals surface area contributed by atoms with Gasteiger partial charge in [0.05, 0.1) is 0 Å². The minimum atomic E-state index is -4.50. The van der Waals surface area contributed by atoms with E-state index in [4.69, 9.17) is 4.74 Å². The summed E-state index contributed by atoms with van der Waals surface area (Å²) in [6, 6.07) is 10.9. The molecule has 0 radical (unpaired) electrons. The normalized spacial score (nSPS) is 11.0. The van der Waals surface area contributed by atoms with Crippen molar-refractivity contribution in [2.75, 3.05) is 0 Å². The maximum Gasteiger partial charge on any atom is 1.00 e. The molecule has 2 aromatic rings. The Morgan fingerprint density at radius 3 is 2.22 bits per heavy atom. The van der Waals surface area contributed by atoms with E-state index in [1.807, 2.05) is 0 Å². The summed E-state index contributed by atoms with van der Waals surface area (Å²) in [5.41, 5.74) is 0.291. The first-order valence-corrected chi connectivity index (χ1v) is 10.4. The number of unbranched alkanes of at least 4 members (excludes halogenated alkanes) is 5. The molecule has 0 fully saturated rings. The third-order valence-electron chi connectivity index (χ3n) is 4.20. The molecule has 0 aliphatic carbocycles. The number of para-hydroxylation sites is 1. The summed E-state index contributed by atoms with van der Waals surface area (Å²) in [4.78, 5) is -0.373. The molecule has 1 N–H and O–H groups in total. The van der Waals surface area contributed by atoms with Crippen LogP contribution in [0, 0.1) is 0 Å². The number of hydrogen-bond donors (Lipinski definition) is 1. The van der Waals surface area contributed by atoms with Crippen LogP contribution in [0.4, 0.5) is 0 Å². The Morgan fingerprint density at radius 2 is 1.59 bits per heavy atom. The summed E-state index contributed by atoms with van der Waals surface area (Å²) >= 11 is 0. The number of ether oxygens (including phenoxy) is 1. The molecule has 0 aromatic heterocycles. The van der Waals surface area contributed by atoms with Gasteiger partial charge in [-0.05, 0) is 36.6 Å². The summed E-state index contributed by atoms with van der Waals surface area (Å²) in [6.45, 7) is 2.15. The zero-order valence-corrected chi connectivity index (χ0v) is 18.8. The Labute approximate surface area is 183 Å². The Hall–Kier alpha value is -1.05. The van der Waals surface area contributed by atoms with Gasteiger partial charge in [-0.15, -0.1) is 5.75 Å². The van der Waals surface area contributed by atoms with E-state index in [0.29, 0.717) is 17.7 Å². The van der Waals surface area contributed by atoms with Crippen molar-refractivity contribution in [3.63, 3.8) is 0 Å². The van der Waals surface area contributed by atoms with Gasteiger partial charge < -0.3 is 9.84 Å². The van der Waals surface area contributed by atoms with Crippen LogP contribution in [-0.2, 0) is 16.5 Å². The number of hydrogen-bond acceptors (Lipinski definition) is 4. The number of benzene rings is 2. The van der Waals surface area contributed by atoms with Crippen LogP contribution in [0.1, 0.15) is 51.0 Å². The molecule has 2 aromatic carbocycles. The minimum absolute atomic E-state index is 0. The van der Waals surface area contributed by atoms with Crippen molar-refractivity contribution in [1.29, 1.82) is 0 Å². The van der Waals surface area contributed by atoms with Crippen LogP contribution in [0.3, 0.4) is 0 Å². The zero-order chi connectivity index (χ0) is 19.0. The average molecular weight is 400 g/mol. The minimum Gasteiger partial charge on any atom is -0.872 e. The summed E-state index contributed by atoms with van der Waals surface area (Å²) < 4.78 is 38.7. The van der Waals surface area contributed by atoms with Crippen molar-refractivity contribution >= 4 is 10.1 Å². The number of rotatable bonds is 10. The summed E-state index contributed by atoms with van der Waals surface area (Å²) in [6.07, 6.45) is 6.72. The van der Waals surface area contributed by atoms with Crippen LogP contribution in [-0.4, -0.2) is 13.0 Å². The first kappa shape index (κ1) is 24.0. The van der Waals surface area contributed by atoms with Crippen LogP contribution in [0.25, 0.3) is 0 Å². The molecule has 0 unspecified atom stereocenters. The van der Waals surface area contributed by atoms with Crippen molar-refractivity contribution in [3.05, 3.63) is 48.0 Å². The second-order valence-corrected chi connectivity index (χ2v) is 7.67. The maximum atomic E-state index is 12.3. The second-order valence-electron chi connectivity index (χ2n) is 6.28. The van der Waals surface area contributed by atoms with E-state index < -0.39 is 10.1 Å². The quantitative estimate of drug-likeness (QED) is 0.373. The molecule has 0 aliphatic heterocycles. The van der Waals surface area contributed by atoms with E-state index in [2.05, 4.69) is 6.92 Å². The Balaban J connectivity index is 0.00000364. The molecule has 0 saturated heterocycles. The Bertz CT molecular complexity index is 807. The molecule has 7 heteroatoms. The van der Waals surface area contributed by atoms with Crippen molar-refractivity contribution in [1.82, 2.24) is 0 Å². The summed E-state index contributed by atoms with van der Waals surface area (Å²) in [5, 5.41) is 12.3. The molecule has 0 saturated carbocycles. The topological polar surface area (TPSA) is 86.7 Å². The van der Waals surface area contributed by atoms with E-state index in [1.165, 1.54) is 12.5 Å². The molecule has 0 aliphatic rings. The molecular formula is C20H25NaO5S. The molecule has 2 rings (SSSR count). The van der Waals surface area contributed by atoms with Gasteiger partial charge in [-0.3, -0.25) is 4.55 Å². The molecule has 0 amide bonds. The van der Waals surface area contributed by atoms with E-state index in [0.717, 1.165) is 38.2 Å². The molecule has 27 heavy (non-hydrogen) atoms. The van der Waals surface area contributed by atoms with E-state index >= 15 is 0 Å². The molecule has 0 spiro atoms. The monoisotopic (exact) mass is 400 g/mol. The fourth-order valence-corrected chi connectivity index (χ4v) is 3.47. The van der Waals surface area contributed by atoms with Crippen molar-refractivity contribution < 1.29 is 52.4 Å². The predicted molar refractivity (Wildman–Crippen MR) is 99.3 cm³/mol. The van der Waals surface area contributed by atoms with Gasteiger partial charge in [-0.2, -0.15) is 8.42 Å². The van der Waals surface area contributed by atoms with E-state index in [9.17, 15) is 18.1 Å². The van der Waals surface area contributed by atoms with Crippen LogP contribution in [0.15, 0.2) is 47.4 Å². The molecule has 0 heterocycles. The zero-order valence-electron chi connectivity index (χ0n) is 16.0. The molecule has 142 valence electrons. The van der Waals surface area contributed by atoms with Crippen LogP contribution in [0.2, 0.25) is 0 Å². The van der Waals surface area contributed by atoms with Crippen LogP contribution < -0.4 is 39.4 Å². The maximum absolute atomic E-state index is 12.3. The van der Waals surface area contributed by atoms with Gasteiger partial charge >= 0.3 is 29.6 Å². The van der Waals surface area contributed by atoms with Gasteiger partial charge in [0, 0.05) is 0 Å². The van der Waals surface area contributed by atoms with Gasteiger partial charge in [0.1, 0.15) is 10.6 Å². The SMILES string of the molecule is CCCCCCCCc1c([O-])ccc(S(=O)(=O)O)c1Oc1ccccc1.[Na+]. The fraction of sp³-hybridized carbons (Fsp3) is 0.400. The Morgan fingerprint density at radius 1 is 0.963 bits per heavy atom. The average Bonchev–Trinajstić information content (AvgIpc) is 2.60. The van der Waals surface area contributed by atoms with Crippen molar-refractivity contribution in [2.45, 2.75) is 56.8 Å². The van der Waals surface area contributed by atoms with Gasteiger partial charge in [0.25, 0.3) is 10.1 Å². The van der Waals surface area contributed by atoms with Gasteiger partial charge in [0.2, 0.25) is 0 Å². The van der Waals surface area contributed by atoms with Gasteiger partial charge in [-0.25, -0.2) is 0 Å². The summed E-state index contributed by atoms with van der Waals surface area (Å²) in [7, 11) is -4.50. The predicted octanol–water partition coefficient (Wildman–Crippen LogP) is 1.71. The fourth-order valence-electron chi connectivity index (χ4n) is 2.83. The largest absolute Gasteiger partial charge is 1.00 e. The molecule has 0 atom stereocenters. The third-order valence-corrected chi connectivity index (χ3v) is 5.08. The molecule has 0 bridgehead atoms. The van der Waals surface area contributed by atoms with E-state index in [1.54, 1.807) is 30.3 Å². The molecular weight excluding hydrogens is 375 g/mol. The Kier molecular flexibility index (Phi) is 10.4. The van der Waals surface area contributed by atoms with E-state index in [-0.39, 0.29) is 46.0 Å².